The summed E-state index contributed by atoms with van der Waals surface area (Å²) in [4.78, 5) is 4.94. The van der Waals surface area contributed by atoms with E-state index in [0.29, 0.717) is 11.3 Å². The Bertz CT molecular complexity index is 572. The smallest absolute Gasteiger partial charge is 0.191 e. The lowest BCUT2D eigenvalue weighted by Gasteiger charge is -2.27. The zero-order valence-corrected chi connectivity index (χ0v) is 17.9. The van der Waals surface area contributed by atoms with Gasteiger partial charge in [-0.3, -0.25) is 4.99 Å². The Balaban J connectivity index is 1.96. The van der Waals surface area contributed by atoms with Gasteiger partial charge in [-0.15, -0.1) is 0 Å². The SMILES string of the molecule is CCNC(=NCC1(CCOCC)CCCC1)NCC(C)c1c(C)noc1C. The van der Waals surface area contributed by atoms with Crippen molar-refractivity contribution in [2.24, 2.45) is 10.4 Å². The van der Waals surface area contributed by atoms with Gasteiger partial charge in [0.05, 0.1) is 5.69 Å². The summed E-state index contributed by atoms with van der Waals surface area (Å²) in [6.07, 6.45) is 6.26. The first-order valence-electron chi connectivity index (χ1n) is 10.5. The highest BCUT2D eigenvalue weighted by molar-refractivity contribution is 5.79. The highest BCUT2D eigenvalue weighted by atomic mass is 16.5. The van der Waals surface area contributed by atoms with Crippen molar-refractivity contribution in [1.82, 2.24) is 15.8 Å². The zero-order valence-electron chi connectivity index (χ0n) is 17.9. The average molecular weight is 379 g/mol. The van der Waals surface area contributed by atoms with Gasteiger partial charge in [-0.25, -0.2) is 0 Å². The standard InChI is InChI=1S/C21H38N4O2/c1-6-22-20(23-14-16(3)19-17(4)25-27-18(19)5)24-15-21(10-8-9-11-21)12-13-26-7-2/h16H,6-15H2,1-5H3,(H2,22,23,24). The molecule has 0 bridgehead atoms. The van der Waals surface area contributed by atoms with Crippen molar-refractivity contribution in [2.45, 2.75) is 72.6 Å². The molecule has 2 rings (SSSR count). The number of ether oxygens (including phenoxy) is 1. The Morgan fingerprint density at radius 3 is 2.59 bits per heavy atom. The fourth-order valence-electron chi connectivity index (χ4n) is 4.18. The molecule has 1 atom stereocenters. The Morgan fingerprint density at radius 2 is 2.00 bits per heavy atom. The molecule has 6 heteroatoms. The van der Waals surface area contributed by atoms with Gasteiger partial charge in [0, 0.05) is 44.3 Å². The van der Waals surface area contributed by atoms with Crippen LogP contribution in [0.2, 0.25) is 0 Å². The maximum atomic E-state index is 5.62. The summed E-state index contributed by atoms with van der Waals surface area (Å²) in [5.41, 5.74) is 2.48. The third kappa shape index (κ3) is 6.23. The topological polar surface area (TPSA) is 71.7 Å². The van der Waals surface area contributed by atoms with Gasteiger partial charge < -0.3 is 19.9 Å². The lowest BCUT2D eigenvalue weighted by molar-refractivity contribution is 0.107. The summed E-state index contributed by atoms with van der Waals surface area (Å²) >= 11 is 0. The van der Waals surface area contributed by atoms with E-state index >= 15 is 0 Å². The van der Waals surface area contributed by atoms with Crippen molar-refractivity contribution in [3.05, 3.63) is 17.0 Å². The predicted molar refractivity (Wildman–Crippen MR) is 110 cm³/mol. The number of nitrogens with one attached hydrogen (secondary N) is 2. The van der Waals surface area contributed by atoms with Gasteiger partial charge in [-0.2, -0.15) is 0 Å². The summed E-state index contributed by atoms with van der Waals surface area (Å²) in [5.74, 6) is 2.13. The van der Waals surface area contributed by atoms with Gasteiger partial charge in [0.15, 0.2) is 5.96 Å². The second-order valence-corrected chi connectivity index (χ2v) is 7.87. The maximum absolute atomic E-state index is 5.62. The molecule has 0 aromatic carbocycles. The molecule has 0 spiro atoms. The molecule has 154 valence electrons. The number of hydrogen-bond donors (Lipinski definition) is 2. The van der Waals surface area contributed by atoms with Crippen molar-refractivity contribution in [2.75, 3.05) is 32.8 Å². The van der Waals surface area contributed by atoms with Crippen LogP contribution in [0.25, 0.3) is 0 Å². The van der Waals surface area contributed by atoms with Gasteiger partial charge in [0.2, 0.25) is 0 Å². The van der Waals surface area contributed by atoms with Crippen molar-refractivity contribution >= 4 is 5.96 Å². The molecular weight excluding hydrogens is 340 g/mol. The van der Waals surface area contributed by atoms with Crippen LogP contribution in [-0.2, 0) is 4.74 Å². The van der Waals surface area contributed by atoms with Crippen LogP contribution in [-0.4, -0.2) is 44.0 Å². The van der Waals surface area contributed by atoms with E-state index in [4.69, 9.17) is 14.3 Å². The van der Waals surface area contributed by atoms with Gasteiger partial charge >= 0.3 is 0 Å². The molecule has 1 unspecified atom stereocenters. The molecule has 6 nitrogen and oxygen atoms in total. The van der Waals surface area contributed by atoms with Crippen LogP contribution in [0.5, 0.6) is 0 Å². The molecule has 0 saturated heterocycles. The molecule has 1 aliphatic carbocycles. The lowest BCUT2D eigenvalue weighted by atomic mass is 9.83. The summed E-state index contributed by atoms with van der Waals surface area (Å²) in [5, 5.41) is 11.0. The normalized spacial score (nSPS) is 17.9. The van der Waals surface area contributed by atoms with Crippen LogP contribution in [0, 0.1) is 19.3 Å². The van der Waals surface area contributed by atoms with Crippen molar-refractivity contribution < 1.29 is 9.26 Å². The monoisotopic (exact) mass is 378 g/mol. The quantitative estimate of drug-likeness (QED) is 0.367. The molecular formula is C21H38N4O2. The van der Waals surface area contributed by atoms with Crippen LogP contribution in [0.15, 0.2) is 9.52 Å². The number of rotatable bonds is 10. The van der Waals surface area contributed by atoms with Crippen LogP contribution in [0.3, 0.4) is 0 Å². The van der Waals surface area contributed by atoms with Crippen LogP contribution < -0.4 is 10.6 Å². The minimum atomic E-state index is 0.310. The Kier molecular flexibility index (Phi) is 8.61. The van der Waals surface area contributed by atoms with E-state index in [1.54, 1.807) is 0 Å². The largest absolute Gasteiger partial charge is 0.382 e. The Labute approximate surface area is 164 Å². The van der Waals surface area contributed by atoms with E-state index in [2.05, 4.69) is 36.6 Å². The third-order valence-electron chi connectivity index (χ3n) is 5.72. The van der Waals surface area contributed by atoms with Crippen LogP contribution in [0.4, 0.5) is 0 Å². The highest BCUT2D eigenvalue weighted by Gasteiger charge is 2.33. The van der Waals surface area contributed by atoms with Crippen molar-refractivity contribution in [3.63, 3.8) is 0 Å². The van der Waals surface area contributed by atoms with E-state index in [9.17, 15) is 0 Å². The first kappa shape index (κ1) is 21.7. The highest BCUT2D eigenvalue weighted by Crippen LogP contribution is 2.41. The minimum absolute atomic E-state index is 0.310. The summed E-state index contributed by atoms with van der Waals surface area (Å²) < 4.78 is 10.9. The fourth-order valence-corrected chi connectivity index (χ4v) is 4.18. The third-order valence-corrected chi connectivity index (χ3v) is 5.72. The molecule has 0 amide bonds. The van der Waals surface area contributed by atoms with Crippen molar-refractivity contribution in [1.29, 1.82) is 0 Å². The van der Waals surface area contributed by atoms with E-state index in [1.807, 2.05) is 13.8 Å². The zero-order chi connectivity index (χ0) is 19.7. The van der Waals surface area contributed by atoms with Gasteiger partial charge in [0.25, 0.3) is 0 Å². The first-order chi connectivity index (χ1) is 13.0. The van der Waals surface area contributed by atoms with E-state index in [1.165, 1.54) is 31.2 Å². The molecule has 1 aromatic rings. The van der Waals surface area contributed by atoms with E-state index in [0.717, 1.165) is 56.7 Å². The van der Waals surface area contributed by atoms with Crippen LogP contribution >= 0.6 is 0 Å². The molecule has 27 heavy (non-hydrogen) atoms. The van der Waals surface area contributed by atoms with Gasteiger partial charge in [-0.05, 0) is 52.4 Å². The number of aliphatic imine (C=N–C) groups is 1. The number of aryl methyl sites for hydroxylation is 2. The predicted octanol–water partition coefficient (Wildman–Crippen LogP) is 3.94. The molecule has 1 fully saturated rings. The number of guanidine groups is 1. The Morgan fingerprint density at radius 1 is 1.26 bits per heavy atom. The second-order valence-electron chi connectivity index (χ2n) is 7.87. The molecule has 0 radical (unpaired) electrons. The van der Waals surface area contributed by atoms with E-state index in [-0.39, 0.29) is 0 Å². The maximum Gasteiger partial charge on any atom is 0.191 e. The lowest BCUT2D eigenvalue weighted by Crippen LogP contribution is -2.40. The second kappa shape index (κ2) is 10.7. The number of hydrogen-bond acceptors (Lipinski definition) is 4. The summed E-state index contributed by atoms with van der Waals surface area (Å²) in [6, 6.07) is 0. The minimum Gasteiger partial charge on any atom is -0.382 e. The number of aromatic nitrogens is 1. The molecule has 1 aromatic heterocycles. The fraction of sp³-hybridized carbons (Fsp3) is 0.810. The molecule has 1 saturated carbocycles. The average Bonchev–Trinajstić information content (AvgIpc) is 3.24. The van der Waals surface area contributed by atoms with E-state index < -0.39 is 0 Å². The molecule has 2 N–H and O–H groups in total. The number of nitrogens with zero attached hydrogens (tertiary/aromatic N) is 2. The van der Waals surface area contributed by atoms with Crippen molar-refractivity contribution in [3.8, 4) is 0 Å². The van der Waals surface area contributed by atoms with Crippen LogP contribution in [0.1, 0.15) is 75.8 Å². The first-order valence-corrected chi connectivity index (χ1v) is 10.5. The molecule has 1 heterocycles. The van der Waals surface area contributed by atoms with Gasteiger partial charge in [-0.1, -0.05) is 24.9 Å². The molecule has 0 aliphatic heterocycles. The molecule has 1 aliphatic rings. The summed E-state index contributed by atoms with van der Waals surface area (Å²) in [7, 11) is 0. The Hall–Kier alpha value is -1.56. The summed E-state index contributed by atoms with van der Waals surface area (Å²) in [6.45, 7) is 14.5. The van der Waals surface area contributed by atoms with Gasteiger partial charge in [0.1, 0.15) is 5.76 Å².